The van der Waals surface area contributed by atoms with E-state index in [1.165, 1.54) is 47.9 Å². The third kappa shape index (κ3) is 8.45. The fourth-order valence-electron chi connectivity index (χ4n) is 10.4. The van der Waals surface area contributed by atoms with E-state index < -0.39 is 5.97 Å². The molecule has 2 aromatic heterocycles. The minimum absolute atomic E-state index is 0. The van der Waals surface area contributed by atoms with Crippen LogP contribution in [0.2, 0.25) is 0 Å². The van der Waals surface area contributed by atoms with Crippen molar-refractivity contribution in [1.82, 2.24) is 29.4 Å². The molecule has 2 fully saturated rings. The Kier molecular flexibility index (Phi) is 13.7. The van der Waals surface area contributed by atoms with Gasteiger partial charge in [-0.1, -0.05) is 36.4 Å². The van der Waals surface area contributed by atoms with Gasteiger partial charge in [0.25, 0.3) is 0 Å². The van der Waals surface area contributed by atoms with Crippen LogP contribution in [0.4, 0.5) is 0 Å². The van der Waals surface area contributed by atoms with Crippen molar-refractivity contribution in [1.29, 1.82) is 0 Å². The summed E-state index contributed by atoms with van der Waals surface area (Å²) in [5.41, 5.74) is 13.8. The van der Waals surface area contributed by atoms with E-state index in [-0.39, 0.29) is 66.2 Å². The van der Waals surface area contributed by atoms with Gasteiger partial charge in [-0.3, -0.25) is 23.7 Å². The molecule has 0 unspecified atom stereocenters. The van der Waals surface area contributed by atoms with Gasteiger partial charge in [0.2, 0.25) is 11.8 Å². The number of hydrogen-bond donors (Lipinski definition) is 1. The minimum atomic E-state index is -0.996. The number of likely N-dealkylation sites (tertiary alicyclic amines) is 2. The van der Waals surface area contributed by atoms with Crippen LogP contribution in [0.25, 0.3) is 0 Å². The quantitative estimate of drug-likeness (QED) is 0.206. The molecule has 2 aromatic carbocycles. The van der Waals surface area contributed by atoms with Gasteiger partial charge < -0.3 is 25.9 Å². The monoisotopic (exact) mass is 798 g/mol. The number of benzene rings is 2. The third-order valence-electron chi connectivity index (χ3n) is 13.6. The number of carbonyl (C=O) groups excluding carboxylic acids is 3. The van der Waals surface area contributed by atoms with Crippen LogP contribution in [0, 0.1) is 0 Å². The van der Waals surface area contributed by atoms with Crippen molar-refractivity contribution < 1.29 is 54.1 Å². The average molecular weight is 799 g/mol. The molecule has 2 saturated heterocycles. The number of rotatable bonds is 8. The van der Waals surface area contributed by atoms with Crippen molar-refractivity contribution in [3.05, 3.63) is 104 Å². The second-order valence-electron chi connectivity index (χ2n) is 16.7. The Bertz CT molecular complexity index is 2070. The summed E-state index contributed by atoms with van der Waals surface area (Å²) < 4.78 is 3.44. The second-order valence-corrected chi connectivity index (χ2v) is 16.7. The largest absolute Gasteiger partial charge is 1.00 e. The van der Waals surface area contributed by atoms with Gasteiger partial charge in [0, 0.05) is 55.6 Å². The summed E-state index contributed by atoms with van der Waals surface area (Å²) in [4.78, 5) is 52.9. The molecular weight excluding hydrogens is 743 g/mol. The van der Waals surface area contributed by atoms with E-state index in [1.54, 1.807) is 27.4 Å². The molecule has 13 nitrogen and oxygen atoms in total. The molecule has 2 aliphatic heterocycles. The molecule has 4 aliphatic carbocycles. The van der Waals surface area contributed by atoms with Crippen LogP contribution in [-0.4, -0.2) is 95.2 Å². The number of Topliss-reactive ketones (excluding diaryl/α,β-unsaturated/α-hetero) is 1. The van der Waals surface area contributed by atoms with Crippen molar-refractivity contribution in [2.45, 2.75) is 122 Å². The number of nitrogens with zero attached hydrogens (tertiary/aromatic N) is 6. The number of amides is 2. The predicted molar refractivity (Wildman–Crippen MR) is 216 cm³/mol. The first-order chi connectivity index (χ1) is 27.2. The maximum atomic E-state index is 12.9. The van der Waals surface area contributed by atoms with Gasteiger partial charge in [-0.15, -0.1) is 0 Å². The average Bonchev–Trinajstić information content (AvgIpc) is 3.97. The Morgan fingerprint density at radius 2 is 1.03 bits per heavy atom. The molecule has 14 heteroatoms. The normalized spacial score (nSPS) is 17.6. The molecule has 0 bridgehead atoms. The van der Waals surface area contributed by atoms with Gasteiger partial charge in [0.15, 0.2) is 11.5 Å². The first kappa shape index (κ1) is 44.0. The third-order valence-corrected chi connectivity index (χ3v) is 13.6. The van der Waals surface area contributed by atoms with Crippen LogP contribution in [-0.2, 0) is 74.0 Å². The first-order valence-electron chi connectivity index (χ1n) is 20.9. The standard InChI is InChI=1S/C23H27N3O2.C22H25N3O3.Li.2H2O/c1-15(27)23-20-6-3-7-21(20)26(24-23)14-22(28)25-12-10-17(11-13-25)18-5-2-4-16-8-9-19(16)18;26-20(13-25-19-6-2-5-18(19)21(23-25)22(27)28)24-11-9-15(10-12-24)16-4-1-3-14-7-8-17(14)16;;;/h2,4-5,17H,3,6-14H2,1H3;1,3-4,15H,2,5-13H2,(H,27,28);;2*1H2/q;;+1;;/p-1. The Hall–Kier alpha value is -4.54. The molecule has 2 amide bonds. The Morgan fingerprint density at radius 1 is 0.610 bits per heavy atom. The maximum absolute atomic E-state index is 12.9. The minimum Gasteiger partial charge on any atom is -0.870 e. The van der Waals surface area contributed by atoms with Gasteiger partial charge in [-0.05, 0) is 135 Å². The Morgan fingerprint density at radius 3 is 1.42 bits per heavy atom. The van der Waals surface area contributed by atoms with E-state index >= 15 is 0 Å². The summed E-state index contributed by atoms with van der Waals surface area (Å²) in [7, 11) is 0. The molecular formula is C45H55LiN6O7. The predicted octanol–water partition coefficient (Wildman–Crippen LogP) is 1.66. The van der Waals surface area contributed by atoms with Crippen LogP contribution in [0.1, 0.15) is 134 Å². The first-order valence-corrected chi connectivity index (χ1v) is 20.9. The van der Waals surface area contributed by atoms with Gasteiger partial charge in [-0.2, -0.15) is 10.2 Å². The van der Waals surface area contributed by atoms with Gasteiger partial charge >= 0.3 is 24.8 Å². The van der Waals surface area contributed by atoms with Gasteiger partial charge in [-0.25, -0.2) is 4.79 Å². The van der Waals surface area contributed by atoms with E-state index in [9.17, 15) is 24.3 Å². The van der Waals surface area contributed by atoms with Crippen LogP contribution >= 0.6 is 0 Å². The molecule has 0 radical (unpaired) electrons. The van der Waals surface area contributed by atoms with Gasteiger partial charge in [0.1, 0.15) is 18.8 Å². The molecule has 308 valence electrons. The summed E-state index contributed by atoms with van der Waals surface area (Å²) >= 11 is 0. The molecule has 4 N–H and O–H groups in total. The molecule has 0 saturated carbocycles. The number of hydrogen-bond acceptors (Lipinski definition) is 7. The summed E-state index contributed by atoms with van der Waals surface area (Å²) in [6.07, 6.45) is 14.3. The van der Waals surface area contributed by atoms with Crippen LogP contribution in [0.3, 0.4) is 0 Å². The van der Waals surface area contributed by atoms with Crippen molar-refractivity contribution in [3.8, 4) is 0 Å². The second kappa shape index (κ2) is 18.4. The topological polar surface area (TPSA) is 192 Å². The van der Waals surface area contributed by atoms with Crippen LogP contribution in [0.15, 0.2) is 36.4 Å². The number of piperidine rings is 2. The van der Waals surface area contributed by atoms with Crippen LogP contribution in [0.5, 0.6) is 0 Å². The van der Waals surface area contributed by atoms with Crippen LogP contribution < -0.4 is 18.9 Å². The summed E-state index contributed by atoms with van der Waals surface area (Å²) in [5.74, 6) is 0.319. The number of carboxylic acid groups (broad SMARTS) is 1. The summed E-state index contributed by atoms with van der Waals surface area (Å²) in [6.45, 7) is 5.15. The number of carboxylic acids is 1. The zero-order valence-corrected chi connectivity index (χ0v) is 34.5. The zero-order chi connectivity index (χ0) is 38.5. The number of ketones is 1. The summed E-state index contributed by atoms with van der Waals surface area (Å²) in [6, 6.07) is 13.4. The number of aromatic nitrogens is 4. The molecule has 6 aliphatic rings. The fraction of sp³-hybridized carbons (Fsp3) is 0.511. The fourth-order valence-corrected chi connectivity index (χ4v) is 10.4. The van der Waals surface area contributed by atoms with Crippen molar-refractivity contribution in [2.75, 3.05) is 26.2 Å². The maximum Gasteiger partial charge on any atom is 1.00 e. The van der Waals surface area contributed by atoms with Crippen molar-refractivity contribution >= 4 is 23.6 Å². The van der Waals surface area contributed by atoms with Gasteiger partial charge in [0.05, 0.1) is 0 Å². The Balaban J connectivity index is 0.000000189. The zero-order valence-electron chi connectivity index (χ0n) is 34.5. The number of fused-ring (bicyclic) bond motifs is 4. The SMILES string of the molecule is CC(=O)c1nn(CC(=O)N2CCC(c3cccc4c3CC4)CC2)c2c1CCC2.O.O=C(O)c1nn(CC(=O)N2CCC(c3cccc4c3CC4)CC2)c2c1CCC2.[Li+].[OH-]. The molecule has 59 heavy (non-hydrogen) atoms. The van der Waals surface area contributed by atoms with Crippen molar-refractivity contribution in [2.24, 2.45) is 0 Å². The number of aromatic carboxylic acids is 1. The van der Waals surface area contributed by atoms with E-state index in [2.05, 4.69) is 46.6 Å². The molecule has 10 rings (SSSR count). The molecule has 4 aromatic rings. The number of aryl methyl sites for hydroxylation is 2. The summed E-state index contributed by atoms with van der Waals surface area (Å²) in [5, 5.41) is 18.1. The molecule has 4 heterocycles. The molecule has 0 atom stereocenters. The van der Waals surface area contributed by atoms with E-state index in [0.717, 1.165) is 113 Å². The van der Waals surface area contributed by atoms with E-state index in [4.69, 9.17) is 0 Å². The van der Waals surface area contributed by atoms with E-state index in [1.807, 2.05) is 9.80 Å². The number of carbonyl (C=O) groups is 4. The molecule has 0 spiro atoms. The van der Waals surface area contributed by atoms with Crippen molar-refractivity contribution in [3.63, 3.8) is 0 Å². The van der Waals surface area contributed by atoms with E-state index in [0.29, 0.717) is 17.5 Å². The Labute approximate surface area is 357 Å². The smallest absolute Gasteiger partial charge is 0.870 e.